The molecule has 4 aromatic rings. The number of nitrogens with zero attached hydrogens (tertiary/aromatic N) is 3. The van der Waals surface area contributed by atoms with E-state index in [-0.39, 0.29) is 12.1 Å². The first-order valence-electron chi connectivity index (χ1n) is 10.3. The van der Waals surface area contributed by atoms with Crippen LogP contribution in [0.4, 0.5) is 5.95 Å². The second kappa shape index (κ2) is 7.40. The van der Waals surface area contributed by atoms with E-state index in [1.807, 2.05) is 59.3 Å². The number of hydrogen-bond acceptors (Lipinski definition) is 4. The molecule has 2 atom stereocenters. The zero-order chi connectivity index (χ0) is 21.8. The third kappa shape index (κ3) is 3.08. The smallest absolute Gasteiger partial charge is 0.226 e. The van der Waals surface area contributed by atoms with E-state index in [1.165, 1.54) is 0 Å². The number of aromatic nitrogens is 3. The lowest BCUT2D eigenvalue weighted by molar-refractivity contribution is 0.223. The quantitative estimate of drug-likeness (QED) is 0.373. The Kier molecular flexibility index (Phi) is 4.49. The van der Waals surface area contributed by atoms with Crippen molar-refractivity contribution in [3.63, 3.8) is 0 Å². The van der Waals surface area contributed by atoms with Crippen molar-refractivity contribution in [2.45, 2.75) is 19.1 Å². The van der Waals surface area contributed by atoms with Gasteiger partial charge in [0.1, 0.15) is 24.2 Å². The maximum atomic E-state index is 6.62. The Balaban J connectivity index is 1.63. The number of aryl methyl sites for hydroxylation is 1. The van der Waals surface area contributed by atoms with E-state index >= 15 is 0 Å². The molecule has 1 N–H and O–H groups in total. The highest BCUT2D eigenvalue weighted by Gasteiger charge is 2.40. The van der Waals surface area contributed by atoms with E-state index in [0.29, 0.717) is 16.0 Å². The number of benzene rings is 3. The second-order valence-electron chi connectivity index (χ2n) is 7.99. The van der Waals surface area contributed by atoms with Crippen molar-refractivity contribution in [1.29, 1.82) is 0 Å². The van der Waals surface area contributed by atoms with Gasteiger partial charge in [-0.15, -0.1) is 0 Å². The SMILES string of the molecule is Cc1ccc2c(c1)C1=C([C@H](c3ccc(Cl)cc3)O2)[C@@H](c2ccc(Cl)cc2)n2ncnc2N1. The molecule has 6 rings (SSSR count). The van der Waals surface area contributed by atoms with Gasteiger partial charge >= 0.3 is 0 Å². The van der Waals surface area contributed by atoms with Crippen molar-refractivity contribution in [3.05, 3.63) is 111 Å². The molecule has 0 saturated carbocycles. The first kappa shape index (κ1) is 19.4. The topological polar surface area (TPSA) is 52.0 Å². The van der Waals surface area contributed by atoms with Gasteiger partial charge < -0.3 is 10.1 Å². The number of nitrogens with one attached hydrogen (secondary N) is 1. The fraction of sp³-hybridized carbons (Fsp3) is 0.120. The van der Waals surface area contributed by atoms with Gasteiger partial charge in [0.05, 0.1) is 5.70 Å². The second-order valence-corrected chi connectivity index (χ2v) is 8.86. The molecule has 2 aliphatic heterocycles. The highest BCUT2D eigenvalue weighted by molar-refractivity contribution is 6.30. The van der Waals surface area contributed by atoms with Crippen molar-refractivity contribution in [1.82, 2.24) is 14.8 Å². The van der Waals surface area contributed by atoms with Gasteiger partial charge in [0.25, 0.3) is 0 Å². The Morgan fingerprint density at radius 1 is 0.906 bits per heavy atom. The number of rotatable bonds is 2. The van der Waals surface area contributed by atoms with Crippen LogP contribution in [-0.4, -0.2) is 14.8 Å². The molecule has 0 saturated heterocycles. The lowest BCUT2D eigenvalue weighted by atomic mass is 9.84. The van der Waals surface area contributed by atoms with Crippen molar-refractivity contribution in [2.24, 2.45) is 0 Å². The molecule has 1 aromatic heterocycles. The van der Waals surface area contributed by atoms with Crippen LogP contribution in [0.15, 0.2) is 78.6 Å². The van der Waals surface area contributed by atoms with Crippen LogP contribution in [0, 0.1) is 6.92 Å². The molecule has 0 bridgehead atoms. The normalized spacial score (nSPS) is 18.8. The molecule has 5 nitrogen and oxygen atoms in total. The predicted molar refractivity (Wildman–Crippen MR) is 126 cm³/mol. The summed E-state index contributed by atoms with van der Waals surface area (Å²) in [6.45, 7) is 2.08. The molecule has 0 fully saturated rings. The van der Waals surface area contributed by atoms with Crippen LogP contribution in [0.3, 0.4) is 0 Å². The Bertz CT molecular complexity index is 1360. The van der Waals surface area contributed by atoms with Gasteiger partial charge in [0, 0.05) is 21.2 Å². The van der Waals surface area contributed by atoms with Gasteiger partial charge in [-0.05, 0) is 54.4 Å². The lowest BCUT2D eigenvalue weighted by Crippen LogP contribution is -2.32. The van der Waals surface area contributed by atoms with Gasteiger partial charge in [-0.3, -0.25) is 0 Å². The molecular weight excluding hydrogens is 443 g/mol. The number of anilines is 1. The summed E-state index contributed by atoms with van der Waals surface area (Å²) in [5.41, 5.74) is 6.28. The summed E-state index contributed by atoms with van der Waals surface area (Å²) in [6, 6.07) is 21.7. The van der Waals surface area contributed by atoms with Crippen molar-refractivity contribution in [3.8, 4) is 5.75 Å². The minimum Gasteiger partial charge on any atom is -0.480 e. The number of ether oxygens (including phenoxy) is 1. The van der Waals surface area contributed by atoms with E-state index in [9.17, 15) is 0 Å². The van der Waals surface area contributed by atoms with Gasteiger partial charge in [-0.2, -0.15) is 10.1 Å². The maximum Gasteiger partial charge on any atom is 0.226 e. The first-order chi connectivity index (χ1) is 15.6. The van der Waals surface area contributed by atoms with Crippen molar-refractivity contribution in [2.75, 3.05) is 5.32 Å². The number of hydrogen-bond donors (Lipinski definition) is 1. The summed E-state index contributed by atoms with van der Waals surface area (Å²) in [4.78, 5) is 4.47. The molecule has 0 aliphatic carbocycles. The number of halogens is 2. The van der Waals surface area contributed by atoms with Gasteiger partial charge in [0.15, 0.2) is 0 Å². The molecule has 3 aromatic carbocycles. The molecule has 0 unspecified atom stereocenters. The summed E-state index contributed by atoms with van der Waals surface area (Å²) in [5.74, 6) is 1.51. The highest BCUT2D eigenvalue weighted by atomic mass is 35.5. The fourth-order valence-electron chi connectivity index (χ4n) is 4.46. The van der Waals surface area contributed by atoms with E-state index in [4.69, 9.17) is 27.9 Å². The first-order valence-corrected chi connectivity index (χ1v) is 11.0. The van der Waals surface area contributed by atoms with E-state index < -0.39 is 0 Å². The summed E-state index contributed by atoms with van der Waals surface area (Å²) in [5, 5.41) is 9.43. The molecular formula is C25H18Cl2N4O. The molecule has 0 radical (unpaired) electrons. The Hall–Kier alpha value is -3.28. The average Bonchev–Trinajstić information content (AvgIpc) is 3.27. The largest absolute Gasteiger partial charge is 0.480 e. The van der Waals surface area contributed by atoms with Crippen LogP contribution >= 0.6 is 23.2 Å². The van der Waals surface area contributed by atoms with E-state index in [1.54, 1.807) is 6.33 Å². The third-order valence-electron chi connectivity index (χ3n) is 5.93. The van der Waals surface area contributed by atoms with Crippen LogP contribution in [0.1, 0.15) is 34.4 Å². The van der Waals surface area contributed by atoms with E-state index in [0.717, 1.165) is 39.3 Å². The zero-order valence-corrected chi connectivity index (χ0v) is 18.6. The highest BCUT2D eigenvalue weighted by Crippen LogP contribution is 2.50. The Morgan fingerprint density at radius 2 is 1.59 bits per heavy atom. The summed E-state index contributed by atoms with van der Waals surface area (Å²) in [7, 11) is 0. The van der Waals surface area contributed by atoms with Crippen molar-refractivity contribution >= 4 is 34.8 Å². The van der Waals surface area contributed by atoms with Crippen LogP contribution < -0.4 is 10.1 Å². The van der Waals surface area contributed by atoms with Gasteiger partial charge in [0.2, 0.25) is 5.95 Å². The van der Waals surface area contributed by atoms with E-state index in [2.05, 4.69) is 34.5 Å². The average molecular weight is 461 g/mol. The Morgan fingerprint density at radius 3 is 2.31 bits per heavy atom. The van der Waals surface area contributed by atoms with Crippen LogP contribution in [0.5, 0.6) is 5.75 Å². The van der Waals surface area contributed by atoms with Crippen LogP contribution in [0.2, 0.25) is 10.0 Å². The molecule has 0 spiro atoms. The summed E-state index contributed by atoms with van der Waals surface area (Å²) < 4.78 is 8.52. The standard InChI is InChI=1S/C25H18Cl2N4O/c1-14-2-11-20-19(12-14)22-21(24(32-20)16-5-9-18(27)10-6-16)23(15-3-7-17(26)8-4-15)31-25(30-22)28-13-29-31/h2-13,23-24H,1H3,(H,28,29,30)/t23-,24+/m1/s1. The lowest BCUT2D eigenvalue weighted by Gasteiger charge is -2.39. The summed E-state index contributed by atoms with van der Waals surface area (Å²) >= 11 is 12.4. The van der Waals surface area contributed by atoms with Gasteiger partial charge in [-0.1, -0.05) is 59.1 Å². The predicted octanol–water partition coefficient (Wildman–Crippen LogP) is 6.45. The maximum absolute atomic E-state index is 6.62. The molecule has 7 heteroatoms. The van der Waals surface area contributed by atoms with Crippen molar-refractivity contribution < 1.29 is 4.74 Å². The summed E-state index contributed by atoms with van der Waals surface area (Å²) in [6.07, 6.45) is 1.24. The molecule has 0 amide bonds. The third-order valence-corrected chi connectivity index (χ3v) is 6.43. The Labute approximate surface area is 195 Å². The number of fused-ring (bicyclic) bond motifs is 3. The van der Waals surface area contributed by atoms with Gasteiger partial charge in [-0.25, -0.2) is 4.68 Å². The van der Waals surface area contributed by atoms with Crippen LogP contribution in [0.25, 0.3) is 5.70 Å². The van der Waals surface area contributed by atoms with Crippen LogP contribution in [-0.2, 0) is 0 Å². The molecule has 158 valence electrons. The minimum atomic E-state index is -0.331. The minimum absolute atomic E-state index is 0.213. The molecule has 2 aliphatic rings. The molecule has 3 heterocycles. The zero-order valence-electron chi connectivity index (χ0n) is 17.1. The molecule has 32 heavy (non-hydrogen) atoms. The monoisotopic (exact) mass is 460 g/mol. The fourth-order valence-corrected chi connectivity index (χ4v) is 4.71.